The summed E-state index contributed by atoms with van der Waals surface area (Å²) in [4.78, 5) is 10.9. The van der Waals surface area contributed by atoms with Crippen molar-refractivity contribution in [3.63, 3.8) is 0 Å². The van der Waals surface area contributed by atoms with Crippen molar-refractivity contribution in [3.8, 4) is 0 Å². The molecule has 1 heterocycles. The van der Waals surface area contributed by atoms with Crippen molar-refractivity contribution in [2.75, 3.05) is 6.61 Å². The molecule has 1 aromatic rings. The Morgan fingerprint density at radius 2 is 2.19 bits per heavy atom. The molecule has 0 aliphatic carbocycles. The molecule has 0 saturated carbocycles. The van der Waals surface area contributed by atoms with E-state index in [4.69, 9.17) is 9.84 Å². The summed E-state index contributed by atoms with van der Waals surface area (Å²) in [6.07, 6.45) is 0.410. The molecule has 1 aliphatic rings. The summed E-state index contributed by atoms with van der Waals surface area (Å²) in [5, 5.41) is 8.92. The highest BCUT2D eigenvalue weighted by Crippen LogP contribution is 2.32. The minimum absolute atomic E-state index is 0.335. The Hall–Kier alpha value is -1.42. The SMILES string of the molecule is O=C(O)C1CCOC(c2ccccc2F)C1. The van der Waals surface area contributed by atoms with Gasteiger partial charge in [0.25, 0.3) is 0 Å². The average Bonchev–Trinajstić information content (AvgIpc) is 2.30. The smallest absolute Gasteiger partial charge is 0.306 e. The van der Waals surface area contributed by atoms with E-state index in [9.17, 15) is 9.18 Å². The summed E-state index contributed by atoms with van der Waals surface area (Å²) in [6, 6.07) is 6.34. The van der Waals surface area contributed by atoms with Crippen LogP contribution in [0.2, 0.25) is 0 Å². The first kappa shape index (κ1) is 11.1. The Kier molecular flexibility index (Phi) is 3.19. The van der Waals surface area contributed by atoms with Crippen molar-refractivity contribution in [3.05, 3.63) is 35.6 Å². The van der Waals surface area contributed by atoms with Gasteiger partial charge in [-0.05, 0) is 18.9 Å². The lowest BCUT2D eigenvalue weighted by Gasteiger charge is -2.27. The lowest BCUT2D eigenvalue weighted by molar-refractivity contribution is -0.147. The number of hydrogen-bond acceptors (Lipinski definition) is 2. The second kappa shape index (κ2) is 4.61. The van der Waals surface area contributed by atoms with Crippen LogP contribution in [-0.2, 0) is 9.53 Å². The number of aliphatic carboxylic acids is 1. The van der Waals surface area contributed by atoms with E-state index in [1.807, 2.05) is 0 Å². The highest BCUT2D eigenvalue weighted by atomic mass is 19.1. The Morgan fingerprint density at radius 3 is 2.88 bits per heavy atom. The molecule has 0 bridgehead atoms. The van der Waals surface area contributed by atoms with Crippen molar-refractivity contribution >= 4 is 5.97 Å². The maximum Gasteiger partial charge on any atom is 0.306 e. The van der Waals surface area contributed by atoms with Gasteiger partial charge in [-0.3, -0.25) is 4.79 Å². The second-order valence-corrected chi connectivity index (χ2v) is 3.94. The summed E-state index contributed by atoms with van der Waals surface area (Å²) < 4.78 is 18.9. The molecule has 0 amide bonds. The van der Waals surface area contributed by atoms with E-state index in [0.717, 1.165) is 0 Å². The fourth-order valence-corrected chi connectivity index (χ4v) is 1.97. The van der Waals surface area contributed by atoms with E-state index in [2.05, 4.69) is 0 Å². The van der Waals surface area contributed by atoms with Gasteiger partial charge < -0.3 is 9.84 Å². The molecule has 0 radical (unpaired) electrons. The molecular weight excluding hydrogens is 211 g/mol. The van der Waals surface area contributed by atoms with Gasteiger partial charge in [-0.25, -0.2) is 4.39 Å². The maximum atomic E-state index is 13.5. The lowest BCUT2D eigenvalue weighted by atomic mass is 9.92. The molecular formula is C12H13FO3. The van der Waals surface area contributed by atoms with Gasteiger partial charge in [0.15, 0.2) is 0 Å². The Morgan fingerprint density at radius 1 is 1.44 bits per heavy atom. The number of rotatable bonds is 2. The summed E-state index contributed by atoms with van der Waals surface area (Å²) in [7, 11) is 0. The van der Waals surface area contributed by atoms with Crippen LogP contribution in [0, 0.1) is 11.7 Å². The van der Waals surface area contributed by atoms with Gasteiger partial charge in [-0.2, -0.15) is 0 Å². The van der Waals surface area contributed by atoms with Gasteiger partial charge in [0, 0.05) is 12.2 Å². The fourth-order valence-electron chi connectivity index (χ4n) is 1.97. The second-order valence-electron chi connectivity index (χ2n) is 3.94. The first-order valence-electron chi connectivity index (χ1n) is 5.27. The van der Waals surface area contributed by atoms with Crippen LogP contribution >= 0.6 is 0 Å². The van der Waals surface area contributed by atoms with Crippen LogP contribution in [0.3, 0.4) is 0 Å². The molecule has 1 aliphatic heterocycles. The standard InChI is InChI=1S/C12H13FO3/c13-10-4-2-1-3-9(10)11-7-8(12(14)15)5-6-16-11/h1-4,8,11H,5-7H2,(H,14,15). The Labute approximate surface area is 92.9 Å². The van der Waals surface area contributed by atoms with Gasteiger partial charge in [0.2, 0.25) is 0 Å². The zero-order valence-corrected chi connectivity index (χ0v) is 8.73. The summed E-state index contributed by atoms with van der Waals surface area (Å²) in [5.74, 6) is -1.60. The highest BCUT2D eigenvalue weighted by molar-refractivity contribution is 5.70. The molecule has 0 aromatic heterocycles. The number of benzene rings is 1. The first-order chi connectivity index (χ1) is 7.68. The third kappa shape index (κ3) is 2.22. The van der Waals surface area contributed by atoms with Crippen molar-refractivity contribution in [2.45, 2.75) is 18.9 Å². The molecule has 3 nitrogen and oxygen atoms in total. The number of halogens is 1. The van der Waals surface area contributed by atoms with Crippen LogP contribution in [0.25, 0.3) is 0 Å². The molecule has 4 heteroatoms. The summed E-state index contributed by atoms with van der Waals surface area (Å²) >= 11 is 0. The molecule has 2 rings (SSSR count). The number of carboxylic acid groups (broad SMARTS) is 1. The van der Waals surface area contributed by atoms with E-state index in [-0.39, 0.29) is 5.82 Å². The van der Waals surface area contributed by atoms with Crippen molar-refractivity contribution in [1.82, 2.24) is 0 Å². The van der Waals surface area contributed by atoms with Gasteiger partial charge in [-0.1, -0.05) is 18.2 Å². The third-order valence-corrected chi connectivity index (χ3v) is 2.89. The van der Waals surface area contributed by atoms with Crippen LogP contribution in [0.4, 0.5) is 4.39 Å². The minimum Gasteiger partial charge on any atom is -0.481 e. The van der Waals surface area contributed by atoms with Gasteiger partial charge in [-0.15, -0.1) is 0 Å². The molecule has 86 valence electrons. The number of carboxylic acids is 1. The van der Waals surface area contributed by atoms with E-state index >= 15 is 0 Å². The predicted octanol–water partition coefficient (Wildman–Crippen LogP) is 2.38. The number of carbonyl (C=O) groups is 1. The molecule has 1 fully saturated rings. The van der Waals surface area contributed by atoms with E-state index in [0.29, 0.717) is 25.0 Å². The maximum absolute atomic E-state index is 13.5. The zero-order chi connectivity index (χ0) is 11.5. The Balaban J connectivity index is 2.16. The normalized spacial score (nSPS) is 25.3. The highest BCUT2D eigenvalue weighted by Gasteiger charge is 2.29. The summed E-state index contributed by atoms with van der Waals surface area (Å²) in [6.45, 7) is 0.371. The van der Waals surface area contributed by atoms with Crippen LogP contribution in [0.1, 0.15) is 24.5 Å². The molecule has 1 N–H and O–H groups in total. The Bertz CT molecular complexity index is 392. The third-order valence-electron chi connectivity index (χ3n) is 2.89. The lowest BCUT2D eigenvalue weighted by Crippen LogP contribution is -2.26. The van der Waals surface area contributed by atoms with Crippen molar-refractivity contribution in [2.24, 2.45) is 5.92 Å². The van der Waals surface area contributed by atoms with Gasteiger partial charge >= 0.3 is 5.97 Å². The largest absolute Gasteiger partial charge is 0.481 e. The van der Waals surface area contributed by atoms with Crippen molar-refractivity contribution in [1.29, 1.82) is 0 Å². The van der Waals surface area contributed by atoms with Gasteiger partial charge in [0.1, 0.15) is 5.82 Å². The quantitative estimate of drug-likeness (QED) is 0.838. The molecule has 2 unspecified atom stereocenters. The van der Waals surface area contributed by atoms with Crippen LogP contribution in [-0.4, -0.2) is 17.7 Å². The average molecular weight is 224 g/mol. The van der Waals surface area contributed by atoms with Gasteiger partial charge in [0.05, 0.1) is 12.0 Å². The molecule has 1 aromatic carbocycles. The van der Waals surface area contributed by atoms with E-state index in [1.54, 1.807) is 18.2 Å². The topological polar surface area (TPSA) is 46.5 Å². The number of ether oxygens (including phenoxy) is 1. The minimum atomic E-state index is -0.829. The predicted molar refractivity (Wildman–Crippen MR) is 55.5 cm³/mol. The van der Waals surface area contributed by atoms with Crippen LogP contribution in [0.15, 0.2) is 24.3 Å². The molecule has 1 saturated heterocycles. The number of hydrogen-bond donors (Lipinski definition) is 1. The fraction of sp³-hybridized carbons (Fsp3) is 0.417. The first-order valence-corrected chi connectivity index (χ1v) is 5.27. The monoisotopic (exact) mass is 224 g/mol. The summed E-state index contributed by atoms with van der Waals surface area (Å²) in [5.41, 5.74) is 0.452. The van der Waals surface area contributed by atoms with Crippen LogP contribution < -0.4 is 0 Å². The van der Waals surface area contributed by atoms with Crippen LogP contribution in [0.5, 0.6) is 0 Å². The molecule has 0 spiro atoms. The van der Waals surface area contributed by atoms with E-state index in [1.165, 1.54) is 6.07 Å². The zero-order valence-electron chi connectivity index (χ0n) is 8.73. The molecule has 2 atom stereocenters. The van der Waals surface area contributed by atoms with Crippen molar-refractivity contribution < 1.29 is 19.0 Å². The van der Waals surface area contributed by atoms with E-state index < -0.39 is 18.0 Å². The molecule has 16 heavy (non-hydrogen) atoms.